The third-order valence-corrected chi connectivity index (χ3v) is 3.21. The van der Waals surface area contributed by atoms with E-state index in [-0.39, 0.29) is 12.3 Å². The van der Waals surface area contributed by atoms with Crippen LogP contribution in [0.3, 0.4) is 0 Å². The molecule has 8 nitrogen and oxygen atoms in total. The lowest BCUT2D eigenvalue weighted by Crippen LogP contribution is -2.24. The number of nitro benzene ring substituents is 1. The van der Waals surface area contributed by atoms with Crippen molar-refractivity contribution in [3.63, 3.8) is 0 Å². The first-order chi connectivity index (χ1) is 12.0. The summed E-state index contributed by atoms with van der Waals surface area (Å²) in [7, 11) is 3.62. The first-order valence-corrected chi connectivity index (χ1v) is 7.43. The lowest BCUT2D eigenvalue weighted by Gasteiger charge is -2.14. The molecule has 2 aromatic carbocycles. The second kappa shape index (κ2) is 8.44. The normalized spacial score (nSPS) is 10.5. The number of ether oxygens (including phenoxy) is 1. The molecule has 0 radical (unpaired) electrons. The number of carbonyl (C=O) groups is 1. The molecule has 0 aliphatic heterocycles. The van der Waals surface area contributed by atoms with Gasteiger partial charge in [-0.1, -0.05) is 18.2 Å². The van der Waals surface area contributed by atoms with Crippen molar-refractivity contribution < 1.29 is 14.5 Å². The van der Waals surface area contributed by atoms with Gasteiger partial charge in [-0.3, -0.25) is 14.9 Å². The first-order valence-electron chi connectivity index (χ1n) is 7.43. The van der Waals surface area contributed by atoms with Gasteiger partial charge in [-0.05, 0) is 18.2 Å². The zero-order valence-electron chi connectivity index (χ0n) is 13.9. The summed E-state index contributed by atoms with van der Waals surface area (Å²) in [4.78, 5) is 23.9. The van der Waals surface area contributed by atoms with Gasteiger partial charge in [0.05, 0.1) is 11.1 Å². The zero-order chi connectivity index (χ0) is 18.2. The highest BCUT2D eigenvalue weighted by molar-refractivity contribution is 5.90. The van der Waals surface area contributed by atoms with E-state index in [1.807, 2.05) is 20.2 Å². The summed E-state index contributed by atoms with van der Waals surface area (Å²) in [5.41, 5.74) is 3.54. The van der Waals surface area contributed by atoms with E-state index in [9.17, 15) is 14.9 Å². The largest absolute Gasteiger partial charge is 0.484 e. The van der Waals surface area contributed by atoms with Crippen LogP contribution in [0.15, 0.2) is 53.6 Å². The molecule has 130 valence electrons. The summed E-state index contributed by atoms with van der Waals surface area (Å²) in [6.07, 6.45) is 1.36. The van der Waals surface area contributed by atoms with Crippen molar-refractivity contribution in [3.8, 4) is 5.75 Å². The molecular weight excluding hydrogens is 324 g/mol. The molecule has 0 aromatic heterocycles. The predicted molar refractivity (Wildman–Crippen MR) is 95.1 cm³/mol. The quantitative estimate of drug-likeness (QED) is 0.472. The summed E-state index contributed by atoms with van der Waals surface area (Å²) >= 11 is 0. The van der Waals surface area contributed by atoms with Gasteiger partial charge >= 0.3 is 0 Å². The number of amides is 1. The highest BCUT2D eigenvalue weighted by Crippen LogP contribution is 2.22. The van der Waals surface area contributed by atoms with Gasteiger partial charge in [0.1, 0.15) is 5.75 Å². The third kappa shape index (κ3) is 5.31. The van der Waals surface area contributed by atoms with E-state index in [2.05, 4.69) is 10.5 Å². The van der Waals surface area contributed by atoms with Gasteiger partial charge in [0.2, 0.25) is 0 Å². The van der Waals surface area contributed by atoms with Crippen molar-refractivity contribution in [2.24, 2.45) is 5.10 Å². The maximum atomic E-state index is 11.7. The van der Waals surface area contributed by atoms with Crippen LogP contribution < -0.4 is 15.1 Å². The molecule has 0 saturated carbocycles. The molecule has 2 rings (SSSR count). The van der Waals surface area contributed by atoms with Crippen LogP contribution in [0.1, 0.15) is 5.56 Å². The Morgan fingerprint density at radius 1 is 1.28 bits per heavy atom. The molecule has 1 amide bonds. The van der Waals surface area contributed by atoms with Crippen molar-refractivity contribution >= 4 is 23.5 Å². The number of nitrogens with one attached hydrogen (secondary N) is 1. The van der Waals surface area contributed by atoms with E-state index in [0.717, 1.165) is 5.69 Å². The smallest absolute Gasteiger partial charge is 0.277 e. The zero-order valence-corrected chi connectivity index (χ0v) is 13.9. The number of para-hydroxylation sites is 1. The molecule has 0 aliphatic rings. The minimum atomic E-state index is -0.483. The summed E-state index contributed by atoms with van der Waals surface area (Å²) < 4.78 is 5.30. The number of rotatable bonds is 7. The molecule has 0 aliphatic carbocycles. The second-order valence-electron chi connectivity index (χ2n) is 5.29. The fraction of sp³-hybridized carbons (Fsp3) is 0.176. The van der Waals surface area contributed by atoms with Crippen LogP contribution in [0, 0.1) is 10.1 Å². The number of nitro groups is 1. The van der Waals surface area contributed by atoms with Crippen LogP contribution in [0.25, 0.3) is 0 Å². The molecular formula is C17H18N4O4. The molecule has 25 heavy (non-hydrogen) atoms. The number of hydrazone groups is 1. The first kappa shape index (κ1) is 17.9. The number of non-ortho nitro benzene ring substituents is 1. The van der Waals surface area contributed by atoms with Gasteiger partial charge in [0.25, 0.3) is 11.6 Å². The van der Waals surface area contributed by atoms with Crippen LogP contribution in [-0.4, -0.2) is 37.7 Å². The summed E-state index contributed by atoms with van der Waals surface area (Å²) in [6.45, 7) is -0.184. The number of benzene rings is 2. The van der Waals surface area contributed by atoms with E-state index in [1.165, 1.54) is 18.3 Å². The second-order valence-corrected chi connectivity index (χ2v) is 5.29. The molecule has 0 atom stereocenters. The van der Waals surface area contributed by atoms with E-state index in [1.54, 1.807) is 35.2 Å². The Bertz CT molecular complexity index is 775. The minimum Gasteiger partial charge on any atom is -0.484 e. The van der Waals surface area contributed by atoms with Crippen molar-refractivity contribution in [3.05, 3.63) is 64.2 Å². The Kier molecular flexibility index (Phi) is 6.05. The predicted octanol–water partition coefficient (Wildman–Crippen LogP) is 2.19. The van der Waals surface area contributed by atoms with E-state index in [0.29, 0.717) is 11.3 Å². The number of hydrogen-bond donors (Lipinski definition) is 1. The van der Waals surface area contributed by atoms with Gasteiger partial charge < -0.3 is 9.64 Å². The van der Waals surface area contributed by atoms with Gasteiger partial charge in [0, 0.05) is 37.5 Å². The van der Waals surface area contributed by atoms with Crippen molar-refractivity contribution in [1.82, 2.24) is 5.43 Å². The average Bonchev–Trinajstić information content (AvgIpc) is 2.60. The van der Waals surface area contributed by atoms with Gasteiger partial charge in [-0.15, -0.1) is 0 Å². The van der Waals surface area contributed by atoms with Crippen LogP contribution in [0.4, 0.5) is 11.4 Å². The molecule has 0 spiro atoms. The molecule has 8 heteroatoms. The van der Waals surface area contributed by atoms with Gasteiger partial charge in [0.15, 0.2) is 6.61 Å². The number of anilines is 1. The van der Waals surface area contributed by atoms with Crippen molar-refractivity contribution in [2.75, 3.05) is 25.6 Å². The van der Waals surface area contributed by atoms with Crippen molar-refractivity contribution in [1.29, 1.82) is 0 Å². The SMILES string of the molecule is CN(C)c1ccc([N+](=O)[O-])cc1/C=N\NC(=O)COc1ccccc1. The van der Waals surface area contributed by atoms with Crippen LogP contribution >= 0.6 is 0 Å². The molecule has 0 unspecified atom stereocenters. The van der Waals surface area contributed by atoms with E-state index < -0.39 is 10.8 Å². The third-order valence-electron chi connectivity index (χ3n) is 3.21. The van der Waals surface area contributed by atoms with E-state index >= 15 is 0 Å². The fourth-order valence-electron chi connectivity index (χ4n) is 2.04. The molecule has 0 bridgehead atoms. The molecule has 2 aromatic rings. The molecule has 0 fully saturated rings. The topological polar surface area (TPSA) is 97.1 Å². The van der Waals surface area contributed by atoms with E-state index in [4.69, 9.17) is 4.74 Å². The Morgan fingerprint density at radius 3 is 2.64 bits per heavy atom. The number of hydrogen-bond acceptors (Lipinski definition) is 6. The maximum Gasteiger partial charge on any atom is 0.277 e. The van der Waals surface area contributed by atoms with Crippen LogP contribution in [0.2, 0.25) is 0 Å². The fourth-order valence-corrected chi connectivity index (χ4v) is 2.04. The summed E-state index contributed by atoms with van der Waals surface area (Å²) in [5, 5.41) is 14.7. The minimum absolute atomic E-state index is 0.0502. The van der Waals surface area contributed by atoms with Gasteiger partial charge in [-0.2, -0.15) is 5.10 Å². The Balaban J connectivity index is 1.99. The van der Waals surface area contributed by atoms with Gasteiger partial charge in [-0.25, -0.2) is 5.43 Å². The standard InChI is InChI=1S/C17H18N4O4/c1-20(2)16-9-8-14(21(23)24)10-13(16)11-18-19-17(22)12-25-15-6-4-3-5-7-15/h3-11H,12H2,1-2H3,(H,19,22)/b18-11-. The maximum absolute atomic E-state index is 11.7. The number of nitrogens with zero attached hydrogens (tertiary/aromatic N) is 3. The van der Waals surface area contributed by atoms with Crippen LogP contribution in [0.5, 0.6) is 5.75 Å². The Morgan fingerprint density at radius 2 is 2.00 bits per heavy atom. The Hall–Kier alpha value is -3.42. The number of carbonyl (C=O) groups excluding carboxylic acids is 1. The Labute approximate surface area is 144 Å². The molecule has 1 N–H and O–H groups in total. The lowest BCUT2D eigenvalue weighted by atomic mass is 10.1. The monoisotopic (exact) mass is 342 g/mol. The molecule has 0 saturated heterocycles. The highest BCUT2D eigenvalue weighted by atomic mass is 16.6. The average molecular weight is 342 g/mol. The molecule has 0 heterocycles. The van der Waals surface area contributed by atoms with Crippen molar-refractivity contribution in [2.45, 2.75) is 0 Å². The van der Waals surface area contributed by atoms with Crippen LogP contribution in [-0.2, 0) is 4.79 Å². The highest BCUT2D eigenvalue weighted by Gasteiger charge is 2.11. The summed E-state index contributed by atoms with van der Waals surface area (Å²) in [6, 6.07) is 13.4. The lowest BCUT2D eigenvalue weighted by molar-refractivity contribution is -0.384. The summed E-state index contributed by atoms with van der Waals surface area (Å²) in [5.74, 6) is 0.146.